The number of nitrogens with two attached hydrogens (primary N) is 1. The Morgan fingerprint density at radius 2 is 1.65 bits per heavy atom. The van der Waals surface area contributed by atoms with E-state index in [4.69, 9.17) is 10.5 Å². The quantitative estimate of drug-likeness (QED) is 0.674. The number of amides is 1. The molecule has 1 aliphatic carbocycles. The SMILES string of the molecule is NC(=O)CCCCCCCOc1ccc2c(c1)C(O)c1ccccc1-2.O. The maximum Gasteiger partial charge on any atom is 0.217 e. The predicted octanol–water partition coefficient (Wildman–Crippen LogP) is 3.13. The molecule has 5 heteroatoms. The average molecular weight is 357 g/mol. The number of aliphatic hydroxyl groups excluding tert-OH is 1. The summed E-state index contributed by atoms with van der Waals surface area (Å²) in [4.78, 5) is 10.7. The van der Waals surface area contributed by atoms with E-state index in [0.29, 0.717) is 13.0 Å². The molecule has 3 rings (SSSR count). The van der Waals surface area contributed by atoms with Crippen LogP contribution in [-0.4, -0.2) is 23.1 Å². The number of rotatable bonds is 9. The molecule has 0 saturated heterocycles. The molecule has 0 saturated carbocycles. The highest BCUT2D eigenvalue weighted by atomic mass is 16.5. The highest BCUT2D eigenvalue weighted by Crippen LogP contribution is 2.44. The molecular formula is C21H27NO4. The van der Waals surface area contributed by atoms with E-state index in [1.54, 1.807) is 0 Å². The van der Waals surface area contributed by atoms with E-state index >= 15 is 0 Å². The predicted molar refractivity (Wildman–Crippen MR) is 102 cm³/mol. The van der Waals surface area contributed by atoms with Crippen LogP contribution in [0.25, 0.3) is 11.1 Å². The fourth-order valence-corrected chi connectivity index (χ4v) is 3.37. The summed E-state index contributed by atoms with van der Waals surface area (Å²) in [6.45, 7) is 0.664. The first-order valence-electron chi connectivity index (χ1n) is 8.99. The Hall–Kier alpha value is -2.37. The molecule has 1 amide bonds. The van der Waals surface area contributed by atoms with Crippen molar-refractivity contribution >= 4 is 5.91 Å². The summed E-state index contributed by atoms with van der Waals surface area (Å²) in [7, 11) is 0. The number of unbranched alkanes of at least 4 members (excludes halogenated alkanes) is 4. The second-order valence-electron chi connectivity index (χ2n) is 6.57. The third-order valence-corrected chi connectivity index (χ3v) is 4.70. The van der Waals surface area contributed by atoms with Crippen LogP contribution >= 0.6 is 0 Å². The molecule has 0 aromatic heterocycles. The first-order valence-corrected chi connectivity index (χ1v) is 8.99. The fraction of sp³-hybridized carbons (Fsp3) is 0.381. The fourth-order valence-electron chi connectivity index (χ4n) is 3.37. The highest BCUT2D eigenvalue weighted by Gasteiger charge is 2.26. The van der Waals surface area contributed by atoms with Crippen LogP contribution in [0.2, 0.25) is 0 Å². The Balaban J connectivity index is 0.00000243. The number of ether oxygens (including phenoxy) is 1. The second-order valence-corrected chi connectivity index (χ2v) is 6.57. The van der Waals surface area contributed by atoms with Gasteiger partial charge in [-0.3, -0.25) is 4.79 Å². The van der Waals surface area contributed by atoms with Gasteiger partial charge < -0.3 is 21.1 Å². The Bertz CT molecular complexity index is 745. The van der Waals surface area contributed by atoms with Crippen molar-refractivity contribution in [1.29, 1.82) is 0 Å². The number of carbonyl (C=O) groups is 1. The Morgan fingerprint density at radius 3 is 2.46 bits per heavy atom. The third-order valence-electron chi connectivity index (χ3n) is 4.70. The molecule has 2 aromatic carbocycles. The number of aliphatic hydroxyl groups is 1. The van der Waals surface area contributed by atoms with Gasteiger partial charge in [0.05, 0.1) is 6.61 Å². The van der Waals surface area contributed by atoms with Crippen LogP contribution in [0.3, 0.4) is 0 Å². The summed E-state index contributed by atoms with van der Waals surface area (Å²) in [6.07, 6.45) is 4.98. The third kappa shape index (κ3) is 4.62. The second kappa shape index (κ2) is 9.36. The monoisotopic (exact) mass is 357 g/mol. The molecular weight excluding hydrogens is 330 g/mol. The maximum absolute atomic E-state index is 10.7. The molecule has 5 N–H and O–H groups in total. The molecule has 0 fully saturated rings. The molecule has 1 aliphatic rings. The van der Waals surface area contributed by atoms with E-state index in [0.717, 1.165) is 60.1 Å². The number of carbonyl (C=O) groups excluding carboxylic acids is 1. The van der Waals surface area contributed by atoms with Gasteiger partial charge in [-0.2, -0.15) is 0 Å². The zero-order valence-corrected chi connectivity index (χ0v) is 14.9. The normalized spacial score (nSPS) is 14.3. The lowest BCUT2D eigenvalue weighted by atomic mass is 10.1. The number of hydrogen-bond acceptors (Lipinski definition) is 3. The van der Waals surface area contributed by atoms with Gasteiger partial charge in [-0.1, -0.05) is 49.6 Å². The molecule has 0 radical (unpaired) electrons. The number of fused-ring (bicyclic) bond motifs is 3. The molecule has 5 nitrogen and oxygen atoms in total. The number of benzene rings is 2. The zero-order valence-electron chi connectivity index (χ0n) is 14.9. The highest BCUT2D eigenvalue weighted by molar-refractivity contribution is 5.78. The summed E-state index contributed by atoms with van der Waals surface area (Å²) >= 11 is 0. The summed E-state index contributed by atoms with van der Waals surface area (Å²) in [6, 6.07) is 13.9. The summed E-state index contributed by atoms with van der Waals surface area (Å²) in [5.74, 6) is 0.587. The average Bonchev–Trinajstić information content (AvgIpc) is 2.90. The lowest BCUT2D eigenvalue weighted by molar-refractivity contribution is -0.118. The van der Waals surface area contributed by atoms with Crippen LogP contribution in [-0.2, 0) is 4.79 Å². The summed E-state index contributed by atoms with van der Waals surface area (Å²) < 4.78 is 5.84. The van der Waals surface area contributed by atoms with Gasteiger partial charge in [-0.15, -0.1) is 0 Å². The number of hydrogen-bond donors (Lipinski definition) is 2. The van der Waals surface area contributed by atoms with Gasteiger partial charge in [-0.25, -0.2) is 0 Å². The molecule has 1 atom stereocenters. The van der Waals surface area contributed by atoms with Crippen LogP contribution in [0, 0.1) is 0 Å². The van der Waals surface area contributed by atoms with E-state index in [9.17, 15) is 9.90 Å². The smallest absolute Gasteiger partial charge is 0.217 e. The van der Waals surface area contributed by atoms with Crippen molar-refractivity contribution in [3.63, 3.8) is 0 Å². The Kier molecular flexibility index (Phi) is 7.18. The maximum atomic E-state index is 10.7. The number of primary amides is 1. The lowest BCUT2D eigenvalue weighted by Gasteiger charge is -2.10. The van der Waals surface area contributed by atoms with E-state index in [2.05, 4.69) is 0 Å². The van der Waals surface area contributed by atoms with Crippen molar-refractivity contribution in [1.82, 2.24) is 0 Å². The zero-order chi connectivity index (χ0) is 17.6. The molecule has 26 heavy (non-hydrogen) atoms. The van der Waals surface area contributed by atoms with E-state index in [1.165, 1.54) is 0 Å². The Labute approximate surface area is 154 Å². The molecule has 0 bridgehead atoms. The topological polar surface area (TPSA) is 104 Å². The molecule has 1 unspecified atom stereocenters. The van der Waals surface area contributed by atoms with Crippen LogP contribution in [0.5, 0.6) is 5.75 Å². The van der Waals surface area contributed by atoms with Gasteiger partial charge >= 0.3 is 0 Å². The van der Waals surface area contributed by atoms with Gasteiger partial charge in [0, 0.05) is 6.42 Å². The van der Waals surface area contributed by atoms with Crippen molar-refractivity contribution in [2.24, 2.45) is 5.73 Å². The summed E-state index contributed by atoms with van der Waals surface area (Å²) in [5, 5.41) is 10.5. The van der Waals surface area contributed by atoms with Crippen LogP contribution in [0.1, 0.15) is 55.8 Å². The van der Waals surface area contributed by atoms with E-state index in [1.807, 2.05) is 42.5 Å². The van der Waals surface area contributed by atoms with Crippen molar-refractivity contribution in [3.8, 4) is 16.9 Å². The Morgan fingerprint density at radius 1 is 0.962 bits per heavy atom. The summed E-state index contributed by atoms with van der Waals surface area (Å²) in [5.41, 5.74) is 9.20. The van der Waals surface area contributed by atoms with Gasteiger partial charge in [0.2, 0.25) is 5.91 Å². The lowest BCUT2D eigenvalue weighted by Crippen LogP contribution is -2.09. The van der Waals surface area contributed by atoms with E-state index in [-0.39, 0.29) is 11.4 Å². The molecule has 0 aliphatic heterocycles. The standard InChI is InChI=1S/C21H25NO3.H2O/c22-20(23)10-4-2-1-3-7-13-25-15-11-12-17-16-8-5-6-9-18(16)21(24)19(17)14-15;/h5-6,8-9,11-12,14,21,24H,1-4,7,10,13H2,(H2,22,23);1H2. The van der Waals surface area contributed by atoms with Gasteiger partial charge in [-0.05, 0) is 47.2 Å². The molecule has 2 aromatic rings. The molecule has 0 heterocycles. The van der Waals surface area contributed by atoms with Crippen molar-refractivity contribution in [2.75, 3.05) is 6.61 Å². The van der Waals surface area contributed by atoms with Crippen molar-refractivity contribution in [3.05, 3.63) is 53.6 Å². The van der Waals surface area contributed by atoms with E-state index < -0.39 is 6.10 Å². The van der Waals surface area contributed by atoms with Crippen molar-refractivity contribution in [2.45, 2.75) is 44.6 Å². The minimum Gasteiger partial charge on any atom is -0.494 e. The molecule has 140 valence electrons. The first kappa shape index (κ1) is 19.9. The minimum absolute atomic E-state index is 0. The van der Waals surface area contributed by atoms with Gasteiger partial charge in [0.1, 0.15) is 11.9 Å². The van der Waals surface area contributed by atoms with Gasteiger partial charge in [0.15, 0.2) is 0 Å². The first-order chi connectivity index (χ1) is 12.2. The largest absolute Gasteiger partial charge is 0.494 e. The van der Waals surface area contributed by atoms with Crippen LogP contribution in [0.4, 0.5) is 0 Å². The van der Waals surface area contributed by atoms with Crippen molar-refractivity contribution < 1.29 is 20.1 Å². The molecule has 0 spiro atoms. The van der Waals surface area contributed by atoms with Crippen LogP contribution < -0.4 is 10.5 Å². The van der Waals surface area contributed by atoms with Gasteiger partial charge in [0.25, 0.3) is 0 Å². The minimum atomic E-state index is -0.569. The van der Waals surface area contributed by atoms with Crippen LogP contribution in [0.15, 0.2) is 42.5 Å².